The lowest BCUT2D eigenvalue weighted by Crippen LogP contribution is -2.53. The molecule has 2 aliphatic rings. The second-order valence-corrected chi connectivity index (χ2v) is 16.1. The molecule has 0 radical (unpaired) electrons. The van der Waals surface area contributed by atoms with Crippen LogP contribution < -0.4 is 5.32 Å². The third-order valence-electron chi connectivity index (χ3n) is 10.2. The van der Waals surface area contributed by atoms with Gasteiger partial charge in [0.25, 0.3) is 0 Å². The summed E-state index contributed by atoms with van der Waals surface area (Å²) in [6.45, 7) is 7.28. The van der Waals surface area contributed by atoms with Crippen LogP contribution in [0.1, 0.15) is 62.7 Å². The zero-order chi connectivity index (χ0) is 45.9. The Balaban J connectivity index is 0.000000265. The fraction of sp³-hybridized carbons (Fsp3) is 0.413. The molecule has 62 heavy (non-hydrogen) atoms. The van der Waals surface area contributed by atoms with Crippen LogP contribution in [-0.2, 0) is 25.2 Å². The molecule has 0 spiro atoms. The molecule has 4 aromatic rings. The lowest BCUT2D eigenvalue weighted by Gasteiger charge is -2.40. The van der Waals surface area contributed by atoms with Gasteiger partial charge in [0.2, 0.25) is 0 Å². The van der Waals surface area contributed by atoms with Crippen molar-refractivity contribution in [2.75, 3.05) is 65.8 Å². The van der Waals surface area contributed by atoms with E-state index in [1.807, 2.05) is 7.05 Å². The molecule has 2 unspecified atom stereocenters. The first-order valence-electron chi connectivity index (χ1n) is 19.9. The Morgan fingerprint density at radius 3 is 1.55 bits per heavy atom. The summed E-state index contributed by atoms with van der Waals surface area (Å²) in [7, 11) is 4.13. The van der Waals surface area contributed by atoms with Gasteiger partial charge in [-0.25, -0.2) is 0 Å². The van der Waals surface area contributed by atoms with Crippen LogP contribution in [0.4, 0.5) is 26.3 Å². The number of hydrogen-bond acceptors (Lipinski definition) is 7. The fourth-order valence-electron chi connectivity index (χ4n) is 6.73. The first-order valence-corrected chi connectivity index (χ1v) is 21.2. The van der Waals surface area contributed by atoms with Gasteiger partial charge in [-0.15, -0.1) is 11.6 Å². The number of hydrogen-bond donors (Lipinski definition) is 1. The normalized spacial score (nSPS) is 17.2. The Bertz CT molecular complexity index is 1990. The predicted molar refractivity (Wildman–Crippen MR) is 235 cm³/mol. The van der Waals surface area contributed by atoms with Crippen LogP contribution in [0.5, 0.6) is 0 Å². The number of benzene rings is 4. The van der Waals surface area contributed by atoms with Crippen molar-refractivity contribution in [3.05, 3.63) is 140 Å². The molecule has 336 valence electrons. The molecule has 0 aromatic heterocycles. The highest BCUT2D eigenvalue weighted by molar-refractivity contribution is 6.32. The second-order valence-electron chi connectivity index (χ2n) is 15.0. The number of aryl methyl sites for hydroxylation is 2. The summed E-state index contributed by atoms with van der Waals surface area (Å²) < 4.78 is 75.4. The van der Waals surface area contributed by atoms with Gasteiger partial charge in [0.05, 0.1) is 29.6 Å². The molecule has 4 aromatic carbocycles. The van der Waals surface area contributed by atoms with Crippen LogP contribution in [0.3, 0.4) is 0 Å². The number of piperazine rings is 2. The van der Waals surface area contributed by atoms with E-state index in [2.05, 4.69) is 27.1 Å². The lowest BCUT2D eigenvalue weighted by atomic mass is 10.00. The Morgan fingerprint density at radius 2 is 1.11 bits per heavy atom. The Hall–Kier alpha value is -4.00. The topological polar surface area (TPSA) is 79.7 Å². The zero-order valence-corrected chi connectivity index (χ0v) is 37.2. The van der Waals surface area contributed by atoms with Crippen molar-refractivity contribution < 1.29 is 35.9 Å². The van der Waals surface area contributed by atoms with Crippen LogP contribution in [0.2, 0.25) is 10.0 Å². The Kier molecular flexibility index (Phi) is 21.9. The zero-order valence-electron chi connectivity index (χ0n) is 34.9. The van der Waals surface area contributed by atoms with Crippen molar-refractivity contribution in [1.82, 2.24) is 20.0 Å². The predicted octanol–water partition coefficient (Wildman–Crippen LogP) is 10.6. The van der Waals surface area contributed by atoms with Gasteiger partial charge in [0.1, 0.15) is 0 Å². The summed E-state index contributed by atoms with van der Waals surface area (Å²) in [6, 6.07) is 26.7. The summed E-state index contributed by atoms with van der Waals surface area (Å²) in [6.07, 6.45) is -5.35. The van der Waals surface area contributed by atoms with Gasteiger partial charge >= 0.3 is 12.4 Å². The van der Waals surface area contributed by atoms with E-state index in [9.17, 15) is 35.9 Å². The number of carbonyl (C=O) groups excluding carboxylic acids is 2. The van der Waals surface area contributed by atoms with Crippen molar-refractivity contribution in [3.8, 4) is 6.07 Å². The average molecular weight is 927 g/mol. The van der Waals surface area contributed by atoms with E-state index < -0.39 is 23.5 Å². The molecule has 2 heterocycles. The third-order valence-corrected chi connectivity index (χ3v) is 10.9. The molecule has 2 saturated heterocycles. The summed E-state index contributed by atoms with van der Waals surface area (Å²) in [5.74, 6) is -0.0177. The summed E-state index contributed by atoms with van der Waals surface area (Å²) in [5, 5.41) is 12.0. The van der Waals surface area contributed by atoms with Gasteiger partial charge in [-0.2, -0.15) is 31.6 Å². The van der Waals surface area contributed by atoms with Crippen LogP contribution in [0.25, 0.3) is 0 Å². The molecule has 0 amide bonds. The molecule has 0 aliphatic carbocycles. The monoisotopic (exact) mass is 925 g/mol. The number of Topliss-reactive ketones (excluding diaryl/α,β-unsaturated/α-hetero) is 2. The Labute approximate surface area is 375 Å². The third kappa shape index (κ3) is 18.8. The maximum atomic E-state index is 12.7. The van der Waals surface area contributed by atoms with Crippen molar-refractivity contribution >= 4 is 46.4 Å². The molecule has 2 aliphatic heterocycles. The first kappa shape index (κ1) is 52.3. The SMILES string of the molecule is CC#N.CN1CCN(CC(=O)c2ccc(Cl)cc2)C(CCc2ccc(C(F)(F)F)cc2)C1.CN1CCNC(CCc2ccc(C(F)(F)F)cc2)C1.O=C(CCl)c1ccc(Cl)cc1. The molecule has 0 saturated carbocycles. The van der Waals surface area contributed by atoms with E-state index in [0.717, 1.165) is 93.9 Å². The van der Waals surface area contributed by atoms with Crippen molar-refractivity contribution in [1.29, 1.82) is 5.26 Å². The summed E-state index contributed by atoms with van der Waals surface area (Å²) in [5.41, 5.74) is 1.86. The fourth-order valence-corrected chi connectivity index (χ4v) is 7.14. The highest BCUT2D eigenvalue weighted by Gasteiger charge is 2.31. The standard InChI is InChI=1S/C22H24ClF3N2O.C14H19F3N2.C8H6Cl2O.C2H3N/c1-27-12-13-28(15-21(29)17-5-9-19(23)10-6-17)20(14-27)11-4-16-2-7-18(8-3-16)22(24,25)26;1-19-9-8-18-13(10-19)7-4-11-2-5-12(6-3-11)14(15,16)17;9-5-8(11)6-1-3-7(10)4-2-6;1-2-3/h2-3,5-10,20H,4,11-15H2,1H3;2-3,5-6,13,18H,4,7-10H2,1H3;1-4H,5H2;1H3. The van der Waals surface area contributed by atoms with Crippen molar-refractivity contribution in [3.63, 3.8) is 0 Å². The van der Waals surface area contributed by atoms with Gasteiger partial charge in [-0.3, -0.25) is 14.5 Å². The number of nitriles is 1. The number of alkyl halides is 7. The van der Waals surface area contributed by atoms with E-state index in [4.69, 9.17) is 40.1 Å². The van der Waals surface area contributed by atoms with Crippen LogP contribution in [-0.4, -0.2) is 104 Å². The molecule has 0 bridgehead atoms. The van der Waals surface area contributed by atoms with Gasteiger partial charge < -0.3 is 15.1 Å². The largest absolute Gasteiger partial charge is 0.416 e. The second kappa shape index (κ2) is 25.9. The van der Waals surface area contributed by atoms with Gasteiger partial charge in [-0.1, -0.05) is 47.5 Å². The lowest BCUT2D eigenvalue weighted by molar-refractivity contribution is -0.138. The van der Waals surface area contributed by atoms with E-state index >= 15 is 0 Å². The summed E-state index contributed by atoms with van der Waals surface area (Å²) >= 11 is 16.9. The van der Waals surface area contributed by atoms with Crippen LogP contribution in [0.15, 0.2) is 97.1 Å². The van der Waals surface area contributed by atoms with E-state index in [0.29, 0.717) is 40.2 Å². The smallest absolute Gasteiger partial charge is 0.311 e. The first-order chi connectivity index (χ1) is 29.3. The number of nitrogens with zero attached hydrogens (tertiary/aromatic N) is 4. The highest BCUT2D eigenvalue weighted by Crippen LogP contribution is 2.30. The van der Waals surface area contributed by atoms with E-state index in [-0.39, 0.29) is 23.5 Å². The number of rotatable bonds is 11. The minimum absolute atomic E-state index is 0.0155. The van der Waals surface area contributed by atoms with Crippen LogP contribution in [0, 0.1) is 11.3 Å². The molecule has 2 atom stereocenters. The molecular weight excluding hydrogens is 875 g/mol. The number of likely N-dealkylation sites (N-methyl/N-ethyl adjacent to an activating group) is 2. The van der Waals surface area contributed by atoms with Crippen LogP contribution >= 0.6 is 34.8 Å². The molecule has 7 nitrogen and oxygen atoms in total. The maximum Gasteiger partial charge on any atom is 0.416 e. The molecular formula is C46H52Cl3F6N5O2. The number of carbonyl (C=O) groups is 2. The minimum Gasteiger partial charge on any atom is -0.311 e. The molecule has 16 heteroatoms. The minimum atomic E-state index is -4.32. The highest BCUT2D eigenvalue weighted by atomic mass is 35.5. The molecule has 2 fully saturated rings. The average Bonchev–Trinajstić information content (AvgIpc) is 3.23. The number of nitrogens with one attached hydrogen (secondary N) is 1. The van der Waals surface area contributed by atoms with Gasteiger partial charge in [-0.05, 0) is 124 Å². The summed E-state index contributed by atoms with van der Waals surface area (Å²) in [4.78, 5) is 30.3. The Morgan fingerprint density at radius 1 is 0.677 bits per heavy atom. The number of halogens is 9. The molecule has 1 N–H and O–H groups in total. The van der Waals surface area contributed by atoms with Gasteiger partial charge in [0.15, 0.2) is 11.6 Å². The van der Waals surface area contributed by atoms with Crippen molar-refractivity contribution in [2.45, 2.75) is 57.0 Å². The van der Waals surface area contributed by atoms with Crippen molar-refractivity contribution in [2.24, 2.45) is 0 Å². The van der Waals surface area contributed by atoms with E-state index in [1.54, 1.807) is 78.9 Å². The van der Waals surface area contributed by atoms with E-state index in [1.165, 1.54) is 6.92 Å². The van der Waals surface area contributed by atoms with Gasteiger partial charge in [0, 0.05) is 79.4 Å². The quantitative estimate of drug-likeness (QED) is 0.0912. The maximum absolute atomic E-state index is 12.7. The molecule has 6 rings (SSSR count). The number of ketones is 2.